The van der Waals surface area contributed by atoms with Gasteiger partial charge in [0.15, 0.2) is 0 Å². The average molecular weight is 271 g/mol. The lowest BCUT2D eigenvalue weighted by molar-refractivity contribution is 0.129. The van der Waals surface area contributed by atoms with Crippen LogP contribution in [0.15, 0.2) is 18.2 Å². The molecular weight excluding hydrogens is 251 g/mol. The van der Waals surface area contributed by atoms with E-state index in [2.05, 4.69) is 0 Å². The number of hydrogen-bond acceptors (Lipinski definition) is 1. The lowest BCUT2D eigenvalue weighted by atomic mass is 9.84. The van der Waals surface area contributed by atoms with E-state index in [1.165, 1.54) is 38.2 Å². The molecule has 18 heavy (non-hydrogen) atoms. The third kappa shape index (κ3) is 3.96. The van der Waals surface area contributed by atoms with Crippen molar-refractivity contribution in [2.24, 2.45) is 5.92 Å². The van der Waals surface area contributed by atoms with Crippen molar-refractivity contribution in [2.45, 2.75) is 51.0 Å². The van der Waals surface area contributed by atoms with Crippen molar-refractivity contribution < 1.29 is 9.50 Å². The van der Waals surface area contributed by atoms with Gasteiger partial charge in [-0.1, -0.05) is 49.8 Å². The molecular formula is C15H20ClFO. The van der Waals surface area contributed by atoms with Gasteiger partial charge >= 0.3 is 0 Å². The van der Waals surface area contributed by atoms with Crippen LogP contribution >= 0.6 is 11.6 Å². The van der Waals surface area contributed by atoms with Gasteiger partial charge in [-0.2, -0.15) is 0 Å². The standard InChI is InChI=1S/C15H20ClFO/c16-13-7-6-12(15(17)10-13)9-14(18)8-11-4-2-1-3-5-11/h6-7,10-11,14,18H,1-5,8-9H2. The van der Waals surface area contributed by atoms with E-state index in [0.717, 1.165) is 6.42 Å². The maximum atomic E-state index is 13.6. The monoisotopic (exact) mass is 270 g/mol. The second-order valence-corrected chi connectivity index (χ2v) is 5.77. The van der Waals surface area contributed by atoms with Crippen LogP contribution in [0.2, 0.25) is 5.02 Å². The van der Waals surface area contributed by atoms with E-state index in [0.29, 0.717) is 22.9 Å². The number of aliphatic hydroxyl groups excluding tert-OH is 1. The van der Waals surface area contributed by atoms with E-state index in [4.69, 9.17) is 11.6 Å². The van der Waals surface area contributed by atoms with Crippen molar-refractivity contribution in [2.75, 3.05) is 0 Å². The number of benzene rings is 1. The molecule has 1 aromatic rings. The average Bonchev–Trinajstić information content (AvgIpc) is 2.34. The molecule has 1 N–H and O–H groups in total. The van der Waals surface area contributed by atoms with E-state index < -0.39 is 6.10 Å². The molecule has 1 aromatic carbocycles. The summed E-state index contributed by atoms with van der Waals surface area (Å²) in [6.07, 6.45) is 7.02. The molecule has 0 aliphatic heterocycles. The lowest BCUT2D eigenvalue weighted by Crippen LogP contribution is -2.18. The van der Waals surface area contributed by atoms with Gasteiger partial charge in [-0.3, -0.25) is 0 Å². The zero-order valence-electron chi connectivity index (χ0n) is 10.5. The first-order valence-electron chi connectivity index (χ1n) is 6.77. The minimum atomic E-state index is -0.441. The maximum absolute atomic E-state index is 13.6. The third-order valence-corrected chi connectivity index (χ3v) is 4.04. The molecule has 0 heterocycles. The maximum Gasteiger partial charge on any atom is 0.127 e. The zero-order valence-corrected chi connectivity index (χ0v) is 11.3. The largest absolute Gasteiger partial charge is 0.393 e. The highest BCUT2D eigenvalue weighted by atomic mass is 35.5. The number of rotatable bonds is 4. The van der Waals surface area contributed by atoms with Gasteiger partial charge < -0.3 is 5.11 Å². The molecule has 0 saturated heterocycles. The predicted octanol–water partition coefficient (Wildman–Crippen LogP) is 4.35. The van der Waals surface area contributed by atoms with Gasteiger partial charge in [-0.05, 0) is 30.0 Å². The molecule has 0 aromatic heterocycles. The first kappa shape index (κ1) is 13.8. The molecule has 3 heteroatoms. The van der Waals surface area contributed by atoms with Crippen LogP contribution in [0.3, 0.4) is 0 Å². The Morgan fingerprint density at radius 2 is 2.00 bits per heavy atom. The Morgan fingerprint density at radius 3 is 2.67 bits per heavy atom. The summed E-state index contributed by atoms with van der Waals surface area (Å²) in [7, 11) is 0. The lowest BCUT2D eigenvalue weighted by Gasteiger charge is -2.24. The Labute approximate surface area is 113 Å². The molecule has 1 fully saturated rings. The molecule has 1 atom stereocenters. The molecule has 100 valence electrons. The fourth-order valence-corrected chi connectivity index (χ4v) is 2.99. The number of halogens is 2. The summed E-state index contributed by atoms with van der Waals surface area (Å²) in [4.78, 5) is 0. The van der Waals surface area contributed by atoms with Crippen LogP contribution in [0.5, 0.6) is 0 Å². The fraction of sp³-hybridized carbons (Fsp3) is 0.600. The van der Waals surface area contributed by atoms with Gasteiger partial charge in [0.05, 0.1) is 6.10 Å². The Kier molecular flexibility index (Phi) is 5.02. The normalized spacial score (nSPS) is 18.8. The van der Waals surface area contributed by atoms with Gasteiger partial charge in [0.25, 0.3) is 0 Å². The summed E-state index contributed by atoms with van der Waals surface area (Å²) < 4.78 is 13.6. The zero-order chi connectivity index (χ0) is 13.0. The fourth-order valence-electron chi connectivity index (χ4n) is 2.83. The van der Waals surface area contributed by atoms with Gasteiger partial charge in [0.2, 0.25) is 0 Å². The Balaban J connectivity index is 1.87. The summed E-state index contributed by atoms with van der Waals surface area (Å²) in [6, 6.07) is 4.65. The summed E-state index contributed by atoms with van der Waals surface area (Å²) in [6.45, 7) is 0. The molecule has 0 spiro atoms. The molecule has 0 radical (unpaired) electrons. The van der Waals surface area contributed by atoms with Gasteiger partial charge in [0, 0.05) is 11.4 Å². The van der Waals surface area contributed by atoms with Crippen molar-refractivity contribution in [1.29, 1.82) is 0 Å². The molecule has 0 bridgehead atoms. The van der Waals surface area contributed by atoms with Gasteiger partial charge in [0.1, 0.15) is 5.82 Å². The first-order chi connectivity index (χ1) is 8.65. The number of aliphatic hydroxyl groups is 1. The van der Waals surface area contributed by atoms with Crippen LogP contribution in [0.1, 0.15) is 44.1 Å². The van der Waals surface area contributed by atoms with E-state index in [1.807, 2.05) is 0 Å². The molecule has 1 saturated carbocycles. The molecule has 1 nitrogen and oxygen atoms in total. The van der Waals surface area contributed by atoms with Crippen LogP contribution < -0.4 is 0 Å². The highest BCUT2D eigenvalue weighted by Crippen LogP contribution is 2.28. The quantitative estimate of drug-likeness (QED) is 0.862. The van der Waals surface area contributed by atoms with Crippen molar-refractivity contribution in [1.82, 2.24) is 0 Å². The van der Waals surface area contributed by atoms with Crippen molar-refractivity contribution in [3.8, 4) is 0 Å². The van der Waals surface area contributed by atoms with Crippen LogP contribution in [-0.2, 0) is 6.42 Å². The predicted molar refractivity (Wildman–Crippen MR) is 72.3 cm³/mol. The summed E-state index contributed by atoms with van der Waals surface area (Å²) in [5.74, 6) is 0.300. The topological polar surface area (TPSA) is 20.2 Å². The molecule has 0 amide bonds. The SMILES string of the molecule is OC(Cc1ccc(Cl)cc1F)CC1CCCCC1. The van der Waals surface area contributed by atoms with Gasteiger partial charge in [-0.25, -0.2) is 4.39 Å². The molecule has 1 aliphatic carbocycles. The van der Waals surface area contributed by atoms with Crippen molar-refractivity contribution in [3.63, 3.8) is 0 Å². The minimum Gasteiger partial charge on any atom is -0.393 e. The first-order valence-corrected chi connectivity index (χ1v) is 7.15. The summed E-state index contributed by atoms with van der Waals surface area (Å²) in [5.41, 5.74) is 0.558. The summed E-state index contributed by atoms with van der Waals surface area (Å²) >= 11 is 5.71. The Bertz CT molecular complexity index is 388. The molecule has 2 rings (SSSR count). The van der Waals surface area contributed by atoms with Crippen molar-refractivity contribution >= 4 is 11.6 Å². The Morgan fingerprint density at radius 1 is 1.28 bits per heavy atom. The highest BCUT2D eigenvalue weighted by Gasteiger charge is 2.18. The highest BCUT2D eigenvalue weighted by molar-refractivity contribution is 6.30. The van der Waals surface area contributed by atoms with Crippen LogP contribution in [0, 0.1) is 11.7 Å². The second-order valence-electron chi connectivity index (χ2n) is 5.33. The van der Waals surface area contributed by atoms with E-state index in [1.54, 1.807) is 12.1 Å². The second kappa shape index (κ2) is 6.53. The van der Waals surface area contributed by atoms with Crippen LogP contribution in [0.25, 0.3) is 0 Å². The summed E-state index contributed by atoms with van der Waals surface area (Å²) in [5, 5.41) is 10.4. The van der Waals surface area contributed by atoms with Crippen LogP contribution in [0.4, 0.5) is 4.39 Å². The Hall–Kier alpha value is -0.600. The van der Waals surface area contributed by atoms with E-state index in [9.17, 15) is 9.50 Å². The third-order valence-electron chi connectivity index (χ3n) is 3.80. The van der Waals surface area contributed by atoms with E-state index in [-0.39, 0.29) is 5.82 Å². The smallest absolute Gasteiger partial charge is 0.127 e. The van der Waals surface area contributed by atoms with Gasteiger partial charge in [-0.15, -0.1) is 0 Å². The molecule has 1 aliphatic rings. The molecule has 1 unspecified atom stereocenters. The van der Waals surface area contributed by atoms with E-state index >= 15 is 0 Å². The minimum absolute atomic E-state index is 0.315. The van der Waals surface area contributed by atoms with Crippen LogP contribution in [-0.4, -0.2) is 11.2 Å². The van der Waals surface area contributed by atoms with Crippen molar-refractivity contribution in [3.05, 3.63) is 34.6 Å². The number of hydrogen-bond donors (Lipinski definition) is 1.